The fourth-order valence-corrected chi connectivity index (χ4v) is 1.05. The lowest BCUT2D eigenvalue weighted by molar-refractivity contribution is -0.0634. The SMILES string of the molecule is CC(O)C([NH])(C(C)O)C(C)O. The molecule has 0 aliphatic rings. The first kappa shape index (κ1) is 10.8. The summed E-state index contributed by atoms with van der Waals surface area (Å²) < 4.78 is 0. The molecule has 3 atom stereocenters. The number of hydrogen-bond donors (Lipinski definition) is 3. The maximum atomic E-state index is 9.10. The van der Waals surface area contributed by atoms with Crippen LogP contribution in [-0.2, 0) is 0 Å². The zero-order valence-corrected chi connectivity index (χ0v) is 7.07. The summed E-state index contributed by atoms with van der Waals surface area (Å²) in [6, 6.07) is 0. The van der Waals surface area contributed by atoms with Gasteiger partial charge in [0.1, 0.15) is 5.54 Å². The molecule has 0 aliphatic carbocycles. The van der Waals surface area contributed by atoms with Gasteiger partial charge in [-0.15, -0.1) is 0 Å². The molecule has 11 heavy (non-hydrogen) atoms. The molecule has 4 N–H and O–H groups in total. The minimum atomic E-state index is -1.58. The predicted molar refractivity (Wildman–Crippen MR) is 40.9 cm³/mol. The van der Waals surface area contributed by atoms with E-state index >= 15 is 0 Å². The maximum absolute atomic E-state index is 9.10. The Balaban J connectivity index is 4.53. The number of hydrogen-bond acceptors (Lipinski definition) is 3. The number of aliphatic hydroxyl groups is 3. The largest absolute Gasteiger partial charge is 0.391 e. The molecule has 0 heterocycles. The van der Waals surface area contributed by atoms with E-state index in [0.717, 1.165) is 0 Å². The van der Waals surface area contributed by atoms with Crippen LogP contribution in [0.4, 0.5) is 0 Å². The van der Waals surface area contributed by atoms with Crippen LogP contribution in [0, 0.1) is 0 Å². The Bertz CT molecular complexity index is 101. The predicted octanol–water partition coefficient (Wildman–Crippen LogP) is -0.849. The molecule has 0 saturated heterocycles. The highest BCUT2D eigenvalue weighted by molar-refractivity contribution is 4.97. The van der Waals surface area contributed by atoms with Crippen molar-refractivity contribution in [3.8, 4) is 0 Å². The summed E-state index contributed by atoms with van der Waals surface area (Å²) in [5, 5.41) is 27.3. The standard InChI is InChI=1S/C7H16NO3/c1-4(9)7(8,5(2)10)6(3)11/h4-6,8-11H,1-3H3. The summed E-state index contributed by atoms with van der Waals surface area (Å²) in [6.45, 7) is 4.14. The molecule has 0 aromatic rings. The van der Waals surface area contributed by atoms with Crippen LogP contribution in [0.2, 0.25) is 0 Å². The van der Waals surface area contributed by atoms with Crippen LogP contribution in [0.15, 0.2) is 0 Å². The second kappa shape index (κ2) is 3.49. The molecule has 0 aromatic heterocycles. The van der Waals surface area contributed by atoms with E-state index < -0.39 is 23.9 Å². The smallest absolute Gasteiger partial charge is 0.109 e. The third kappa shape index (κ3) is 1.90. The van der Waals surface area contributed by atoms with E-state index in [2.05, 4.69) is 0 Å². The zero-order valence-electron chi connectivity index (χ0n) is 7.07. The third-order valence-corrected chi connectivity index (χ3v) is 2.07. The van der Waals surface area contributed by atoms with Gasteiger partial charge in [0.2, 0.25) is 0 Å². The van der Waals surface area contributed by atoms with Gasteiger partial charge in [0, 0.05) is 0 Å². The van der Waals surface area contributed by atoms with Gasteiger partial charge in [-0.05, 0) is 20.8 Å². The minimum Gasteiger partial charge on any atom is -0.391 e. The van der Waals surface area contributed by atoms with Crippen LogP contribution in [0.5, 0.6) is 0 Å². The van der Waals surface area contributed by atoms with Crippen molar-refractivity contribution in [3.63, 3.8) is 0 Å². The van der Waals surface area contributed by atoms with Crippen LogP contribution in [0.3, 0.4) is 0 Å². The number of aliphatic hydroxyl groups excluding tert-OH is 3. The molecule has 0 spiro atoms. The fraction of sp³-hybridized carbons (Fsp3) is 1.00. The van der Waals surface area contributed by atoms with Crippen LogP contribution in [-0.4, -0.2) is 39.2 Å². The van der Waals surface area contributed by atoms with E-state index in [1.165, 1.54) is 20.8 Å². The molecule has 0 bridgehead atoms. The minimum absolute atomic E-state index is 1.05. The third-order valence-electron chi connectivity index (χ3n) is 2.07. The molecule has 0 saturated carbocycles. The van der Waals surface area contributed by atoms with E-state index in [1.54, 1.807) is 0 Å². The van der Waals surface area contributed by atoms with Crippen molar-refractivity contribution in [2.45, 2.75) is 44.6 Å². The molecule has 0 fully saturated rings. The molecule has 67 valence electrons. The van der Waals surface area contributed by atoms with Crippen molar-refractivity contribution >= 4 is 0 Å². The summed E-state index contributed by atoms with van der Waals surface area (Å²) >= 11 is 0. The Kier molecular flexibility index (Phi) is 3.44. The second-order valence-electron chi connectivity index (χ2n) is 2.96. The topological polar surface area (TPSA) is 84.5 Å². The lowest BCUT2D eigenvalue weighted by Crippen LogP contribution is -2.58. The highest BCUT2D eigenvalue weighted by Crippen LogP contribution is 2.19. The average molecular weight is 162 g/mol. The van der Waals surface area contributed by atoms with Gasteiger partial charge in [0.15, 0.2) is 0 Å². The van der Waals surface area contributed by atoms with Crippen LogP contribution >= 0.6 is 0 Å². The van der Waals surface area contributed by atoms with Gasteiger partial charge in [-0.1, -0.05) is 0 Å². The van der Waals surface area contributed by atoms with Gasteiger partial charge in [-0.2, -0.15) is 0 Å². The van der Waals surface area contributed by atoms with Crippen LogP contribution in [0.25, 0.3) is 0 Å². The first-order chi connectivity index (χ1) is 4.83. The zero-order chi connectivity index (χ0) is 9.23. The first-order valence-corrected chi connectivity index (χ1v) is 3.62. The van der Waals surface area contributed by atoms with Gasteiger partial charge in [-0.3, -0.25) is 0 Å². The van der Waals surface area contributed by atoms with Gasteiger partial charge < -0.3 is 15.3 Å². The Morgan fingerprint density at radius 2 is 1.09 bits per heavy atom. The van der Waals surface area contributed by atoms with Gasteiger partial charge in [0.25, 0.3) is 0 Å². The van der Waals surface area contributed by atoms with E-state index in [-0.39, 0.29) is 0 Å². The molecular weight excluding hydrogens is 146 g/mol. The monoisotopic (exact) mass is 162 g/mol. The van der Waals surface area contributed by atoms with E-state index in [1.807, 2.05) is 0 Å². The second-order valence-corrected chi connectivity index (χ2v) is 2.96. The molecule has 4 heteroatoms. The maximum Gasteiger partial charge on any atom is 0.109 e. The van der Waals surface area contributed by atoms with E-state index in [9.17, 15) is 0 Å². The van der Waals surface area contributed by atoms with Crippen molar-refractivity contribution in [3.05, 3.63) is 0 Å². The summed E-state index contributed by atoms with van der Waals surface area (Å²) in [5.74, 6) is 0. The molecule has 0 rings (SSSR count). The first-order valence-electron chi connectivity index (χ1n) is 3.62. The fourth-order valence-electron chi connectivity index (χ4n) is 1.05. The summed E-state index contributed by atoms with van der Waals surface area (Å²) in [4.78, 5) is 0. The lowest BCUT2D eigenvalue weighted by atomic mass is 9.84. The highest BCUT2D eigenvalue weighted by atomic mass is 16.3. The Morgan fingerprint density at radius 3 is 1.09 bits per heavy atom. The Morgan fingerprint density at radius 1 is 0.909 bits per heavy atom. The summed E-state index contributed by atoms with van der Waals surface area (Å²) in [6.07, 6.45) is -3.16. The highest BCUT2D eigenvalue weighted by Gasteiger charge is 2.41. The molecule has 1 radical (unpaired) electrons. The summed E-state index contributed by atoms with van der Waals surface area (Å²) in [5.41, 5.74) is 5.95. The quantitative estimate of drug-likeness (QED) is 0.505. The van der Waals surface area contributed by atoms with Crippen molar-refractivity contribution in [1.29, 1.82) is 0 Å². The molecule has 3 unspecified atom stereocenters. The van der Waals surface area contributed by atoms with Crippen molar-refractivity contribution in [2.75, 3.05) is 0 Å². The van der Waals surface area contributed by atoms with Gasteiger partial charge in [0.05, 0.1) is 18.3 Å². The van der Waals surface area contributed by atoms with E-state index in [0.29, 0.717) is 0 Å². The molecule has 0 aliphatic heterocycles. The molecule has 4 nitrogen and oxygen atoms in total. The average Bonchev–Trinajstić information content (AvgIpc) is 1.84. The summed E-state index contributed by atoms with van der Waals surface area (Å²) in [7, 11) is 0. The van der Waals surface area contributed by atoms with Gasteiger partial charge >= 0.3 is 0 Å². The number of rotatable bonds is 3. The lowest BCUT2D eigenvalue weighted by Gasteiger charge is -2.36. The molecule has 0 amide bonds. The van der Waals surface area contributed by atoms with Gasteiger partial charge in [-0.25, -0.2) is 5.73 Å². The van der Waals surface area contributed by atoms with Crippen LogP contribution < -0.4 is 5.73 Å². The molecule has 0 aromatic carbocycles. The number of nitrogens with one attached hydrogen (secondary N) is 1. The van der Waals surface area contributed by atoms with Crippen molar-refractivity contribution in [2.24, 2.45) is 0 Å². The van der Waals surface area contributed by atoms with E-state index in [4.69, 9.17) is 21.1 Å². The van der Waals surface area contributed by atoms with Crippen molar-refractivity contribution in [1.82, 2.24) is 5.73 Å². The molecular formula is C7H16NO3. The van der Waals surface area contributed by atoms with Crippen LogP contribution in [0.1, 0.15) is 20.8 Å². The Hall–Kier alpha value is -0.160. The Labute approximate surface area is 66.7 Å². The van der Waals surface area contributed by atoms with Crippen molar-refractivity contribution < 1.29 is 15.3 Å². The normalized spacial score (nSPS) is 25.4.